The molecular formula is C11H18N2O3S2. The lowest BCUT2D eigenvalue weighted by Crippen LogP contribution is -2.54. The molecule has 102 valence electrons. The van der Waals surface area contributed by atoms with Crippen LogP contribution in [-0.2, 0) is 4.79 Å². The maximum absolute atomic E-state index is 12.0. The maximum Gasteiger partial charge on any atom is 0.327 e. The molecule has 0 saturated carbocycles. The second kappa shape index (κ2) is 6.56. The normalized spacial score (nSPS) is 28.1. The van der Waals surface area contributed by atoms with Crippen molar-refractivity contribution in [2.75, 3.05) is 36.1 Å². The first-order valence-corrected chi connectivity index (χ1v) is 8.42. The van der Waals surface area contributed by atoms with E-state index in [4.69, 9.17) is 5.11 Å². The van der Waals surface area contributed by atoms with Gasteiger partial charge in [0.1, 0.15) is 6.04 Å². The molecule has 2 fully saturated rings. The fourth-order valence-corrected chi connectivity index (χ4v) is 4.45. The smallest absolute Gasteiger partial charge is 0.327 e. The van der Waals surface area contributed by atoms with Gasteiger partial charge in [0.2, 0.25) is 0 Å². The van der Waals surface area contributed by atoms with Crippen LogP contribution in [0.5, 0.6) is 0 Å². The van der Waals surface area contributed by atoms with Gasteiger partial charge in [-0.25, -0.2) is 9.59 Å². The summed E-state index contributed by atoms with van der Waals surface area (Å²) < 4.78 is 0. The minimum absolute atomic E-state index is 0.223. The minimum atomic E-state index is -0.909. The predicted molar refractivity (Wildman–Crippen MR) is 74.3 cm³/mol. The summed E-state index contributed by atoms with van der Waals surface area (Å²) in [5.41, 5.74) is 0. The Kier molecular flexibility index (Phi) is 5.05. The number of carboxylic acids is 1. The van der Waals surface area contributed by atoms with Gasteiger partial charge in [0.15, 0.2) is 0 Å². The summed E-state index contributed by atoms with van der Waals surface area (Å²) in [7, 11) is 0. The molecule has 2 N–H and O–H groups in total. The molecule has 0 spiro atoms. The van der Waals surface area contributed by atoms with Gasteiger partial charge in [-0.2, -0.15) is 23.5 Å². The van der Waals surface area contributed by atoms with Crippen LogP contribution in [0.2, 0.25) is 0 Å². The number of urea groups is 1. The van der Waals surface area contributed by atoms with E-state index in [0.717, 1.165) is 17.9 Å². The third-order valence-corrected chi connectivity index (χ3v) is 5.49. The lowest BCUT2D eigenvalue weighted by Gasteiger charge is -2.32. The van der Waals surface area contributed by atoms with Crippen LogP contribution in [0.4, 0.5) is 4.79 Å². The van der Waals surface area contributed by atoms with Gasteiger partial charge in [-0.1, -0.05) is 0 Å². The third kappa shape index (κ3) is 3.47. The molecule has 7 heteroatoms. The van der Waals surface area contributed by atoms with Gasteiger partial charge in [0, 0.05) is 24.6 Å². The molecule has 2 atom stereocenters. The van der Waals surface area contributed by atoms with E-state index in [1.54, 1.807) is 11.8 Å². The molecule has 0 bridgehead atoms. The number of aliphatic carboxylic acids is 1. The monoisotopic (exact) mass is 290 g/mol. The summed E-state index contributed by atoms with van der Waals surface area (Å²) in [6, 6.07) is -0.902. The molecule has 2 aliphatic heterocycles. The van der Waals surface area contributed by atoms with Gasteiger partial charge in [-0.3, -0.25) is 0 Å². The fraction of sp³-hybridized carbons (Fsp3) is 0.818. The molecular weight excluding hydrogens is 272 g/mol. The number of nitrogens with one attached hydrogen (secondary N) is 1. The van der Waals surface area contributed by atoms with Crippen molar-refractivity contribution in [3.8, 4) is 0 Å². The predicted octanol–water partition coefficient (Wildman–Crippen LogP) is 0.951. The molecule has 0 radical (unpaired) electrons. The summed E-state index contributed by atoms with van der Waals surface area (Å²) in [6.45, 7) is 1.19. The van der Waals surface area contributed by atoms with Crippen LogP contribution >= 0.6 is 23.5 Å². The van der Waals surface area contributed by atoms with E-state index in [1.165, 1.54) is 10.7 Å². The van der Waals surface area contributed by atoms with E-state index >= 15 is 0 Å². The molecule has 2 rings (SSSR count). The number of carbonyl (C=O) groups excluding carboxylic acids is 1. The average molecular weight is 290 g/mol. The fourth-order valence-electron chi connectivity index (χ4n) is 2.13. The average Bonchev–Trinajstić information content (AvgIpc) is 2.89. The number of carbonyl (C=O) groups is 2. The number of hydrogen-bond acceptors (Lipinski definition) is 4. The van der Waals surface area contributed by atoms with E-state index in [1.807, 2.05) is 11.8 Å². The zero-order valence-electron chi connectivity index (χ0n) is 10.1. The Morgan fingerprint density at radius 1 is 1.28 bits per heavy atom. The van der Waals surface area contributed by atoms with Crippen LogP contribution < -0.4 is 5.32 Å². The first-order valence-electron chi connectivity index (χ1n) is 6.11. The molecule has 0 aromatic heterocycles. The summed E-state index contributed by atoms with van der Waals surface area (Å²) in [5.74, 6) is 3.20. The van der Waals surface area contributed by atoms with Gasteiger partial charge in [0.25, 0.3) is 0 Å². The van der Waals surface area contributed by atoms with E-state index in [9.17, 15) is 9.59 Å². The zero-order chi connectivity index (χ0) is 13.0. The first kappa shape index (κ1) is 13.9. The van der Waals surface area contributed by atoms with Gasteiger partial charge in [0.05, 0.1) is 0 Å². The van der Waals surface area contributed by atoms with Crippen molar-refractivity contribution in [2.45, 2.75) is 12.5 Å². The van der Waals surface area contributed by atoms with Gasteiger partial charge in [-0.05, 0) is 23.8 Å². The molecule has 2 heterocycles. The van der Waals surface area contributed by atoms with Crippen molar-refractivity contribution in [3.63, 3.8) is 0 Å². The summed E-state index contributed by atoms with van der Waals surface area (Å²) in [4.78, 5) is 24.6. The largest absolute Gasteiger partial charge is 0.480 e. The number of carboxylic acid groups (broad SMARTS) is 1. The van der Waals surface area contributed by atoms with E-state index < -0.39 is 12.0 Å². The van der Waals surface area contributed by atoms with Gasteiger partial charge in [-0.15, -0.1) is 0 Å². The zero-order valence-corrected chi connectivity index (χ0v) is 11.8. The highest BCUT2D eigenvalue weighted by Crippen LogP contribution is 2.23. The number of nitrogens with zero attached hydrogens (tertiary/aromatic N) is 1. The first-order chi connectivity index (χ1) is 8.68. The molecule has 0 aliphatic carbocycles. The SMILES string of the molecule is O=C(O)C1CSCCN1C(=O)NCC1CCSC1. The van der Waals surface area contributed by atoms with Gasteiger partial charge >= 0.3 is 12.0 Å². The van der Waals surface area contributed by atoms with Crippen molar-refractivity contribution < 1.29 is 14.7 Å². The second-order valence-corrected chi connectivity index (χ2v) is 6.84. The topological polar surface area (TPSA) is 69.6 Å². The second-order valence-electron chi connectivity index (χ2n) is 4.54. The molecule has 2 saturated heterocycles. The molecule has 2 unspecified atom stereocenters. The maximum atomic E-state index is 12.0. The van der Waals surface area contributed by atoms with Crippen LogP contribution in [0.1, 0.15) is 6.42 Å². The van der Waals surface area contributed by atoms with Crippen molar-refractivity contribution in [1.82, 2.24) is 10.2 Å². The van der Waals surface area contributed by atoms with E-state index in [2.05, 4.69) is 5.32 Å². The highest BCUT2D eigenvalue weighted by molar-refractivity contribution is 7.99. The van der Waals surface area contributed by atoms with Crippen LogP contribution in [-0.4, -0.2) is 64.1 Å². The van der Waals surface area contributed by atoms with Crippen molar-refractivity contribution in [1.29, 1.82) is 0 Å². The van der Waals surface area contributed by atoms with Crippen LogP contribution in [0.3, 0.4) is 0 Å². The van der Waals surface area contributed by atoms with Crippen molar-refractivity contribution in [3.05, 3.63) is 0 Å². The van der Waals surface area contributed by atoms with Crippen molar-refractivity contribution >= 4 is 35.5 Å². The Morgan fingerprint density at radius 3 is 2.72 bits per heavy atom. The van der Waals surface area contributed by atoms with Crippen LogP contribution in [0.15, 0.2) is 0 Å². The molecule has 2 amide bonds. The third-order valence-electron chi connectivity index (χ3n) is 3.24. The lowest BCUT2D eigenvalue weighted by molar-refractivity contribution is -0.141. The number of rotatable bonds is 3. The highest BCUT2D eigenvalue weighted by atomic mass is 32.2. The molecule has 18 heavy (non-hydrogen) atoms. The quantitative estimate of drug-likeness (QED) is 0.810. The molecule has 0 aromatic carbocycles. The molecule has 5 nitrogen and oxygen atoms in total. The Hall–Kier alpha value is -0.560. The molecule has 2 aliphatic rings. The number of thioether (sulfide) groups is 2. The summed E-state index contributed by atoms with van der Waals surface area (Å²) in [6.07, 6.45) is 1.14. The highest BCUT2D eigenvalue weighted by Gasteiger charge is 2.32. The van der Waals surface area contributed by atoms with Crippen LogP contribution in [0, 0.1) is 5.92 Å². The Bertz CT molecular complexity index is 321. The minimum Gasteiger partial charge on any atom is -0.480 e. The standard InChI is InChI=1S/C11H18N2O3S2/c14-10(15)9-7-18-4-2-13(9)11(16)12-5-8-1-3-17-6-8/h8-9H,1-7H2,(H,12,16)(H,14,15). The van der Waals surface area contributed by atoms with Crippen LogP contribution in [0.25, 0.3) is 0 Å². The Morgan fingerprint density at radius 2 is 2.06 bits per heavy atom. The van der Waals surface area contributed by atoms with Gasteiger partial charge < -0.3 is 15.3 Å². The number of amides is 2. The molecule has 0 aromatic rings. The van der Waals surface area contributed by atoms with Crippen molar-refractivity contribution in [2.24, 2.45) is 5.92 Å². The van der Waals surface area contributed by atoms with E-state index in [0.29, 0.717) is 24.8 Å². The Balaban J connectivity index is 1.83. The summed E-state index contributed by atoms with van der Waals surface area (Å²) in [5, 5.41) is 12.0. The lowest BCUT2D eigenvalue weighted by atomic mass is 10.1. The van der Waals surface area contributed by atoms with E-state index in [-0.39, 0.29) is 6.03 Å². The Labute approximate surface area is 115 Å². The summed E-state index contributed by atoms with van der Waals surface area (Å²) >= 11 is 3.50. The number of hydrogen-bond donors (Lipinski definition) is 2.